The minimum atomic E-state index is -5.82. The van der Waals surface area contributed by atoms with Crippen LogP contribution in [0.1, 0.15) is 34.1 Å². The summed E-state index contributed by atoms with van der Waals surface area (Å²) in [6.07, 6.45) is -15.8. The van der Waals surface area contributed by atoms with E-state index in [1.165, 1.54) is 6.92 Å². The van der Waals surface area contributed by atoms with Gasteiger partial charge in [-0.25, -0.2) is 13.2 Å². The van der Waals surface area contributed by atoms with E-state index in [9.17, 15) is 61.7 Å². The first-order valence-electron chi connectivity index (χ1n) is 7.49. The lowest BCUT2D eigenvalue weighted by atomic mass is 10.2. The second kappa shape index (κ2) is 25.2. The Kier molecular flexibility index (Phi) is 35.5. The molecule has 0 N–H and O–H groups in total. The first-order chi connectivity index (χ1) is 13.7. The topological polar surface area (TPSA) is 27.7 Å². The van der Waals surface area contributed by atoms with Gasteiger partial charge in [0.25, 0.3) is 0 Å². The Morgan fingerprint density at radius 3 is 0.968 bits per heavy atom. The molecule has 0 aromatic heterocycles. The van der Waals surface area contributed by atoms with E-state index >= 15 is 0 Å². The summed E-state index contributed by atoms with van der Waals surface area (Å²) in [6.45, 7) is 0.706. The molecule has 0 aliphatic carbocycles. The van der Waals surface area contributed by atoms with Crippen molar-refractivity contribution in [3.8, 4) is 0 Å². The summed E-state index contributed by atoms with van der Waals surface area (Å²) in [7, 11) is 1.92. The van der Waals surface area contributed by atoms with Crippen LogP contribution in [0, 0.1) is 0 Å². The van der Waals surface area contributed by atoms with E-state index in [-0.39, 0.29) is 6.67 Å². The van der Waals surface area contributed by atoms with Crippen LogP contribution < -0.4 is 0 Å². The first kappa shape index (κ1) is 43.7. The van der Waals surface area contributed by atoms with Gasteiger partial charge < -0.3 is 4.74 Å². The van der Waals surface area contributed by atoms with Gasteiger partial charge in [-0.3, -0.25) is 4.39 Å². The number of rotatable bonds is 3. The van der Waals surface area contributed by atoms with Gasteiger partial charge in [0.2, 0.25) is 6.93 Å². The fourth-order valence-electron chi connectivity index (χ4n) is 0.432. The molecule has 3 nitrogen and oxygen atoms in total. The van der Waals surface area contributed by atoms with Crippen LogP contribution in [0.25, 0.3) is 0 Å². The molecule has 198 valence electrons. The Hall–Kier alpha value is -1.10. The molecule has 31 heavy (non-hydrogen) atoms. The van der Waals surface area contributed by atoms with Crippen molar-refractivity contribution >= 4 is 0 Å². The van der Waals surface area contributed by atoms with Gasteiger partial charge in [0, 0.05) is 6.42 Å². The van der Waals surface area contributed by atoms with E-state index in [0.717, 1.165) is 35.0 Å². The summed E-state index contributed by atoms with van der Waals surface area (Å²) in [5.41, 5.74) is -2.15. The highest BCUT2D eigenvalue weighted by Crippen LogP contribution is 2.39. The molecule has 0 bridgehead atoms. The Bertz CT molecular complexity index is 314. The average molecular weight is 508 g/mol. The van der Waals surface area contributed by atoms with Crippen molar-refractivity contribution < 1.29 is 76.4 Å². The maximum Gasteiger partial charge on any atom is 0.482 e. The third-order valence-corrected chi connectivity index (χ3v) is 1.46. The summed E-state index contributed by atoms with van der Waals surface area (Å²) in [4.78, 5) is 5.50. The molecule has 0 fully saturated rings. The van der Waals surface area contributed by atoms with Crippen molar-refractivity contribution in [2.75, 3.05) is 34.5 Å². The number of hydrogen-bond donors (Lipinski definition) is 0. The van der Waals surface area contributed by atoms with Crippen molar-refractivity contribution in [2.45, 2.75) is 58.2 Å². The van der Waals surface area contributed by atoms with Crippen molar-refractivity contribution in [2.24, 2.45) is 0 Å². The third kappa shape index (κ3) is 52.8. The molecule has 0 aliphatic rings. The van der Waals surface area contributed by atoms with Gasteiger partial charge in [0.05, 0.1) is 26.5 Å². The van der Waals surface area contributed by atoms with Crippen LogP contribution in [-0.2, 0) is 14.6 Å². The summed E-state index contributed by atoms with van der Waals surface area (Å²) >= 11 is 0. The lowest BCUT2D eigenvalue weighted by molar-refractivity contribution is -0.414. The molecule has 0 atom stereocenters. The minimum absolute atomic E-state index is 0.250. The fraction of sp³-hybridized carbons (Fsp3) is 1.00. The van der Waals surface area contributed by atoms with E-state index in [0.29, 0.717) is 0 Å². The molecule has 0 saturated heterocycles. The summed E-state index contributed by atoms with van der Waals surface area (Å²) in [5, 5.41) is 0. The molecule has 0 heterocycles. The van der Waals surface area contributed by atoms with E-state index in [2.05, 4.69) is 14.6 Å². The van der Waals surface area contributed by atoms with Crippen molar-refractivity contribution in [1.82, 2.24) is 0 Å². The Morgan fingerprint density at radius 1 is 0.677 bits per heavy atom. The number of hydrogen-bond acceptors (Lipinski definition) is 3. The van der Waals surface area contributed by atoms with Gasteiger partial charge in [-0.05, 0) is 29.8 Å². The highest BCUT2D eigenvalue weighted by Gasteiger charge is 2.61. The van der Waals surface area contributed by atoms with Gasteiger partial charge >= 0.3 is 18.5 Å². The van der Waals surface area contributed by atoms with Crippen LogP contribution in [-0.4, -0.2) is 58.6 Å². The fourth-order valence-corrected chi connectivity index (χ4v) is 0.432. The molecule has 0 aliphatic heterocycles. The van der Waals surface area contributed by atoms with Crippen molar-refractivity contribution in [3.63, 3.8) is 0 Å². The van der Waals surface area contributed by atoms with Gasteiger partial charge in [-0.15, -0.1) is 0 Å². The quantitative estimate of drug-likeness (QED) is 0.365. The van der Waals surface area contributed by atoms with E-state index in [1.54, 1.807) is 0 Å². The smallest absolute Gasteiger partial charge is 0.304 e. The monoisotopic (exact) mass is 508 g/mol. The zero-order valence-corrected chi connectivity index (χ0v) is 17.3. The van der Waals surface area contributed by atoms with Gasteiger partial charge in [-0.2, -0.15) is 45.0 Å². The first-order valence-corrected chi connectivity index (χ1v) is 7.49. The number of ether oxygens (including phenoxy) is 1. The van der Waals surface area contributed by atoms with Gasteiger partial charge in [0.15, 0.2) is 0 Å². The summed E-state index contributed by atoms with van der Waals surface area (Å²) in [6, 6.07) is 0. The van der Waals surface area contributed by atoms with Crippen LogP contribution >= 0.6 is 0 Å². The molecule has 0 aromatic rings. The Balaban J connectivity index is -0.0000000720. The van der Waals surface area contributed by atoms with E-state index in [1.807, 2.05) is 0 Å². The Morgan fingerprint density at radius 2 is 0.871 bits per heavy atom. The molecular formula is C14H26F14O3. The lowest BCUT2D eigenvalue weighted by Crippen LogP contribution is -2.46. The SMILES string of the molecule is CC(C)(CF)OC(F)(F)C(F)(F)F.CCC(F)(F)F.CCF.COF.COF.FCF. The molecule has 0 radical (unpaired) electrons. The zero-order valence-electron chi connectivity index (χ0n) is 17.3. The highest BCUT2D eigenvalue weighted by molar-refractivity contribution is 4.74. The second-order valence-corrected chi connectivity index (χ2v) is 4.66. The highest BCUT2D eigenvalue weighted by atomic mass is 19.4. The molecule has 17 heteroatoms. The minimum Gasteiger partial charge on any atom is -0.304 e. The van der Waals surface area contributed by atoms with Crippen LogP contribution in [0.15, 0.2) is 0 Å². The zero-order chi connectivity index (χ0) is 26.9. The second-order valence-electron chi connectivity index (χ2n) is 4.66. The molecule has 0 rings (SSSR count). The van der Waals surface area contributed by atoms with Crippen LogP contribution in [0.5, 0.6) is 0 Å². The molecule has 0 spiro atoms. The predicted octanol–water partition coefficient (Wildman–Crippen LogP) is 7.76. The standard InChI is InChI=1S/C6H8F6O.C3H5F3.C2H5F.CH2F2.2CH3FO/c1-4(2,3-7)13-6(11,12)5(8,9)10;1-2-3(4,5)6;1-2-3;2-1-3;2*1-3-2/h3H2,1-2H3;2H2,1H3;2H2,1H3;1H2;2*1H3. The predicted molar refractivity (Wildman–Crippen MR) is 83.5 cm³/mol. The molecule has 0 aromatic carbocycles. The van der Waals surface area contributed by atoms with Gasteiger partial charge in [0.1, 0.15) is 6.67 Å². The maximum atomic E-state index is 12.1. The number of alkyl halides is 12. The molecule has 0 saturated carbocycles. The molecule has 0 unspecified atom stereocenters. The van der Waals surface area contributed by atoms with E-state index in [4.69, 9.17) is 0 Å². The molecular weight excluding hydrogens is 482 g/mol. The largest absolute Gasteiger partial charge is 0.482 e. The third-order valence-electron chi connectivity index (χ3n) is 1.46. The van der Waals surface area contributed by atoms with Crippen LogP contribution in [0.4, 0.5) is 61.7 Å². The van der Waals surface area contributed by atoms with Crippen molar-refractivity contribution in [3.05, 3.63) is 0 Å². The number of halogens is 14. The van der Waals surface area contributed by atoms with Crippen LogP contribution in [0.2, 0.25) is 0 Å². The van der Waals surface area contributed by atoms with Crippen LogP contribution in [0.3, 0.4) is 0 Å². The Labute approximate surface area is 170 Å². The van der Waals surface area contributed by atoms with E-state index < -0.39 is 44.1 Å². The summed E-state index contributed by atoms with van der Waals surface area (Å²) in [5.74, 6) is 0. The lowest BCUT2D eigenvalue weighted by Gasteiger charge is -2.28. The normalized spacial score (nSPS) is 10.8. The summed E-state index contributed by atoms with van der Waals surface area (Å²) < 4.78 is 155. The van der Waals surface area contributed by atoms with Gasteiger partial charge in [-0.1, -0.05) is 6.92 Å². The maximum absolute atomic E-state index is 12.1. The average Bonchev–Trinajstić information content (AvgIpc) is 2.56. The molecule has 0 amide bonds. The van der Waals surface area contributed by atoms with Crippen molar-refractivity contribution in [1.29, 1.82) is 0 Å².